The standard InChI is InChI=1S/C23H42N4O7S2.C18H32N2O5S2.C7H16N2O2.4C4H10/c24-19(23(33)34)6-3-4-10-25-20(29)7-2-1-5-12-36-13-11-26-21(30)9-8-17(22(31)32)14-27-18(15-28)16-35;1-14(22)5-3-2-4-9-27-10-8-19-17(23)7-6-15(18(24)25)11-20-16(12-21)13-26;1-9-6(7(10)11)4-2-3-5-8;4*1-3-4-2/h15,17-19,27,35H,1-14,16,24H2,(H,25,29)(H,26,30)(H,31,32)(H,33,34);12,15-16,20,26H,2-11,13H2,1H3,(H,19,23)(H,24,25);6,9H,2-5,8H2,1H3,(H,10,11);4*3-4H2,1-2H3/t17?,18-,19?;15?,16-;;;;;/m11...../s1. The van der Waals surface area contributed by atoms with Gasteiger partial charge >= 0.3 is 23.9 Å². The van der Waals surface area contributed by atoms with Crippen LogP contribution in [0.2, 0.25) is 0 Å². The molecule has 0 aliphatic carbocycles. The molecule has 0 fully saturated rings. The molecule has 0 aromatic heterocycles. The van der Waals surface area contributed by atoms with Gasteiger partial charge in [0.1, 0.15) is 30.4 Å². The van der Waals surface area contributed by atoms with Gasteiger partial charge in [-0.3, -0.25) is 33.6 Å². The smallest absolute Gasteiger partial charge is 0.320 e. The molecule has 26 heteroatoms. The van der Waals surface area contributed by atoms with Gasteiger partial charge in [-0.25, -0.2) is 0 Å². The van der Waals surface area contributed by atoms with E-state index in [9.17, 15) is 58.2 Å². The van der Waals surface area contributed by atoms with Crippen molar-refractivity contribution in [1.29, 1.82) is 0 Å². The molecule has 6 atom stereocenters. The monoisotopic (exact) mass is 1360 g/mol. The van der Waals surface area contributed by atoms with Crippen molar-refractivity contribution in [2.45, 2.75) is 253 Å². The second-order valence-corrected chi connectivity index (χ2v) is 24.5. The first-order valence-electron chi connectivity index (χ1n) is 33.1. The summed E-state index contributed by atoms with van der Waals surface area (Å²) in [5.74, 6) is -1.32. The molecule has 0 saturated carbocycles. The number of aliphatic carboxylic acids is 4. The Morgan fingerprint density at radius 2 is 0.833 bits per heavy atom. The first-order valence-corrected chi connectivity index (χ1v) is 36.6. The van der Waals surface area contributed by atoms with Gasteiger partial charge in [0, 0.05) is 81.4 Å². The summed E-state index contributed by atoms with van der Waals surface area (Å²) in [4.78, 5) is 111. The topological polar surface area (TPSA) is 376 Å². The number of aldehydes is 2. The van der Waals surface area contributed by atoms with E-state index in [1.165, 1.54) is 51.4 Å². The van der Waals surface area contributed by atoms with Crippen LogP contribution in [0.4, 0.5) is 0 Å². The molecule has 0 rings (SSSR count). The van der Waals surface area contributed by atoms with E-state index in [2.05, 4.69) is 113 Å². The first-order chi connectivity index (χ1) is 43.0. The van der Waals surface area contributed by atoms with E-state index in [1.807, 2.05) is 0 Å². The van der Waals surface area contributed by atoms with Gasteiger partial charge in [-0.15, -0.1) is 0 Å². The number of amides is 3. The van der Waals surface area contributed by atoms with Crippen molar-refractivity contribution in [2.75, 3.05) is 80.8 Å². The van der Waals surface area contributed by atoms with E-state index in [-0.39, 0.29) is 68.0 Å². The highest BCUT2D eigenvalue weighted by Gasteiger charge is 2.22. The van der Waals surface area contributed by atoms with E-state index >= 15 is 0 Å². The van der Waals surface area contributed by atoms with Crippen LogP contribution in [0.1, 0.15) is 229 Å². The number of thiol groups is 2. The Morgan fingerprint density at radius 3 is 1.16 bits per heavy atom. The molecule has 0 aromatic rings. The highest BCUT2D eigenvalue weighted by molar-refractivity contribution is 7.99. The summed E-state index contributed by atoms with van der Waals surface area (Å²) in [5, 5.41) is 52.6. The van der Waals surface area contributed by atoms with Crippen LogP contribution in [0.25, 0.3) is 0 Å². The Bertz CT molecular complexity index is 1680. The summed E-state index contributed by atoms with van der Waals surface area (Å²) in [6, 6.07) is -2.25. The summed E-state index contributed by atoms with van der Waals surface area (Å²) in [7, 11) is 1.65. The summed E-state index contributed by atoms with van der Waals surface area (Å²) >= 11 is 11.5. The molecular weight excluding hydrogens is 1230 g/mol. The zero-order valence-electron chi connectivity index (χ0n) is 57.2. The SMILES string of the molecule is CC(=O)CCCCCSCCNC(=O)CCC(CN[C@H](C=O)CS)C(=O)O.CCCC.CCCC.CCCC.CCCC.CNC(CCCCN)C(=O)O.NC(CCCCNC(=O)CCCCCSCCNC(=O)CCC(CN[C@H](C=O)CS)C(=O)O)C(=O)O. The lowest BCUT2D eigenvalue weighted by atomic mass is 10.0. The van der Waals surface area contributed by atoms with Crippen molar-refractivity contribution < 1.29 is 68.4 Å². The maximum Gasteiger partial charge on any atom is 0.320 e. The Kier molecular flexibility index (Phi) is 90.7. The van der Waals surface area contributed by atoms with Crippen LogP contribution in [-0.4, -0.2) is 185 Å². The van der Waals surface area contributed by atoms with Crippen molar-refractivity contribution >= 4 is 109 Å². The van der Waals surface area contributed by atoms with Crippen LogP contribution >= 0.6 is 48.8 Å². The number of unbranched alkanes of at least 4 members (excludes halogenated alkanes) is 10. The number of carbonyl (C=O) groups is 10. The number of nitrogens with two attached hydrogens (primary N) is 2. The summed E-state index contributed by atoms with van der Waals surface area (Å²) < 4.78 is 0. The molecular formula is C64H130N8O14S4. The van der Waals surface area contributed by atoms with E-state index in [0.29, 0.717) is 83.0 Å². The number of likely N-dealkylation sites (N-methyl/N-ethyl adjacent to an activating group) is 1. The van der Waals surface area contributed by atoms with Gasteiger partial charge in [-0.2, -0.15) is 48.8 Å². The molecule has 0 heterocycles. The molecule has 0 aliphatic heterocycles. The van der Waals surface area contributed by atoms with Crippen molar-refractivity contribution in [2.24, 2.45) is 23.3 Å². The van der Waals surface area contributed by atoms with Gasteiger partial charge in [0.25, 0.3) is 0 Å². The molecule has 0 aromatic carbocycles. The van der Waals surface area contributed by atoms with Gasteiger partial charge in [0.15, 0.2) is 0 Å². The Labute approximate surface area is 563 Å². The lowest BCUT2D eigenvalue weighted by Gasteiger charge is -2.16. The van der Waals surface area contributed by atoms with Gasteiger partial charge in [0.2, 0.25) is 17.7 Å². The van der Waals surface area contributed by atoms with E-state index < -0.39 is 59.9 Å². The number of hydrogen-bond acceptors (Lipinski definition) is 19. The van der Waals surface area contributed by atoms with E-state index in [4.69, 9.17) is 21.7 Å². The molecule has 90 heavy (non-hydrogen) atoms. The number of carbonyl (C=O) groups excluding carboxylic acids is 6. The third kappa shape index (κ3) is 84.5. The van der Waals surface area contributed by atoms with Gasteiger partial charge in [-0.05, 0) is 103 Å². The summed E-state index contributed by atoms with van der Waals surface area (Å²) in [6.07, 6.45) is 23.6. The Morgan fingerprint density at radius 1 is 0.456 bits per heavy atom. The number of ketones is 1. The van der Waals surface area contributed by atoms with Gasteiger partial charge in [0.05, 0.1) is 23.9 Å². The minimum Gasteiger partial charge on any atom is -0.481 e. The van der Waals surface area contributed by atoms with Crippen molar-refractivity contribution in [1.82, 2.24) is 31.9 Å². The fraction of sp³-hybridized carbons (Fsp3) is 0.844. The quantitative estimate of drug-likeness (QED) is 0.0153. The molecule has 22 nitrogen and oxygen atoms in total. The van der Waals surface area contributed by atoms with Crippen LogP contribution in [0, 0.1) is 11.8 Å². The van der Waals surface area contributed by atoms with Crippen molar-refractivity contribution in [3.63, 3.8) is 0 Å². The van der Waals surface area contributed by atoms with Crippen molar-refractivity contribution in [3.05, 3.63) is 0 Å². The summed E-state index contributed by atoms with van der Waals surface area (Å²) in [6.45, 7) is 21.5. The maximum atomic E-state index is 12.0. The number of hydrogen-bond donors (Lipinski definition) is 14. The zero-order chi connectivity index (χ0) is 70.0. The number of rotatable bonds is 52. The molecule has 0 bridgehead atoms. The average Bonchev–Trinajstić information content (AvgIpc) is 3.69. The number of nitrogens with one attached hydrogen (secondary N) is 6. The highest BCUT2D eigenvalue weighted by Crippen LogP contribution is 2.11. The fourth-order valence-electron chi connectivity index (χ4n) is 6.28. The number of Topliss-reactive ketones (excluding diaryl/α,β-unsaturated/α-hetero) is 1. The highest BCUT2D eigenvalue weighted by atomic mass is 32.2. The molecule has 0 spiro atoms. The predicted octanol–water partition coefficient (Wildman–Crippen LogP) is 9.23. The second-order valence-electron chi connectivity index (χ2n) is 21.3. The number of carboxylic acid groups (broad SMARTS) is 4. The second kappa shape index (κ2) is 81.6. The normalized spacial score (nSPS) is 12.2. The van der Waals surface area contributed by atoms with Crippen LogP contribution in [0.5, 0.6) is 0 Å². The third-order valence-corrected chi connectivity index (χ3v) is 15.9. The lowest BCUT2D eigenvalue weighted by Crippen LogP contribution is -2.38. The third-order valence-electron chi connectivity index (χ3n) is 12.9. The first kappa shape index (κ1) is 100. The maximum absolute atomic E-state index is 12.0. The number of carboxylic acids is 4. The van der Waals surface area contributed by atoms with Crippen LogP contribution in [0.3, 0.4) is 0 Å². The minimum atomic E-state index is -1.01. The molecule has 4 unspecified atom stereocenters. The van der Waals surface area contributed by atoms with E-state index in [1.54, 1.807) is 37.5 Å². The Hall–Kier alpha value is -3.50. The predicted molar refractivity (Wildman–Crippen MR) is 381 cm³/mol. The van der Waals surface area contributed by atoms with Crippen LogP contribution in [-0.2, 0) is 47.9 Å². The molecule has 3 amide bonds. The molecule has 0 radical (unpaired) electrons. The molecule has 0 saturated heterocycles. The van der Waals surface area contributed by atoms with E-state index in [0.717, 1.165) is 74.4 Å². The van der Waals surface area contributed by atoms with Gasteiger partial charge < -0.3 is 78.2 Å². The number of thioether (sulfide) groups is 2. The van der Waals surface area contributed by atoms with Gasteiger partial charge in [-0.1, -0.05) is 126 Å². The lowest BCUT2D eigenvalue weighted by molar-refractivity contribution is -0.143. The average molecular weight is 1360 g/mol. The van der Waals surface area contributed by atoms with Crippen LogP contribution < -0.4 is 43.4 Å². The fourth-order valence-corrected chi connectivity index (χ4v) is 8.42. The van der Waals surface area contributed by atoms with Crippen molar-refractivity contribution in [3.8, 4) is 0 Å². The molecule has 0 aliphatic rings. The van der Waals surface area contributed by atoms with Crippen LogP contribution in [0.15, 0.2) is 0 Å². The molecule has 534 valence electrons. The largest absolute Gasteiger partial charge is 0.481 e. The minimum absolute atomic E-state index is 0.000852. The Balaban J connectivity index is -0.000000220. The molecule has 14 N–H and O–H groups in total. The zero-order valence-corrected chi connectivity index (χ0v) is 60.6. The summed E-state index contributed by atoms with van der Waals surface area (Å²) in [5.41, 5.74) is 10.7.